The van der Waals surface area contributed by atoms with Crippen molar-refractivity contribution in [2.45, 2.75) is 24.8 Å². The molecule has 0 unspecified atom stereocenters. The molecule has 1 amide bonds. The van der Waals surface area contributed by atoms with Gasteiger partial charge in [0.25, 0.3) is 0 Å². The summed E-state index contributed by atoms with van der Waals surface area (Å²) in [5.74, 6) is 0.860. The first-order valence-corrected chi connectivity index (χ1v) is 5.91. The Bertz CT molecular complexity index is 345. The number of carbonyl (C=O) groups excluding carboxylic acids is 1. The van der Waals surface area contributed by atoms with Gasteiger partial charge in [0, 0.05) is 10.6 Å². The number of nitrogens with two attached hydrogens (primary N) is 1. The summed E-state index contributed by atoms with van der Waals surface area (Å²) >= 11 is 1.74. The summed E-state index contributed by atoms with van der Waals surface area (Å²) in [5.41, 5.74) is 6.26. The van der Waals surface area contributed by atoms with Gasteiger partial charge >= 0.3 is 0 Å². The Labute approximate surface area is 107 Å². The minimum Gasteiger partial charge on any atom is -0.325 e. The van der Waals surface area contributed by atoms with Crippen LogP contribution >= 0.6 is 24.2 Å². The molecular formula is C11H17ClN2OS. The highest BCUT2D eigenvalue weighted by Gasteiger charge is 2.07. The summed E-state index contributed by atoms with van der Waals surface area (Å²) in [7, 11) is 0. The van der Waals surface area contributed by atoms with E-state index in [4.69, 9.17) is 5.73 Å². The van der Waals surface area contributed by atoms with E-state index in [0.29, 0.717) is 0 Å². The van der Waals surface area contributed by atoms with Crippen LogP contribution in [0, 0.1) is 0 Å². The Morgan fingerprint density at radius 1 is 1.56 bits per heavy atom. The molecule has 0 fully saturated rings. The smallest absolute Gasteiger partial charge is 0.240 e. The van der Waals surface area contributed by atoms with E-state index in [2.05, 4.69) is 12.2 Å². The lowest BCUT2D eigenvalue weighted by molar-refractivity contribution is -0.117. The number of thioether (sulfide) groups is 1. The third-order valence-electron chi connectivity index (χ3n) is 1.83. The second-order valence-corrected chi connectivity index (χ2v) is 4.58. The summed E-state index contributed by atoms with van der Waals surface area (Å²) in [4.78, 5) is 12.5. The van der Waals surface area contributed by atoms with Gasteiger partial charge in [-0.3, -0.25) is 4.79 Å². The molecule has 5 heteroatoms. The predicted octanol–water partition coefficient (Wildman–Crippen LogP) is 2.51. The van der Waals surface area contributed by atoms with Crippen LogP contribution in [0.1, 0.15) is 13.8 Å². The zero-order valence-electron chi connectivity index (χ0n) is 9.40. The van der Waals surface area contributed by atoms with Gasteiger partial charge < -0.3 is 11.1 Å². The van der Waals surface area contributed by atoms with E-state index in [0.717, 1.165) is 16.3 Å². The second kappa shape index (κ2) is 7.54. The summed E-state index contributed by atoms with van der Waals surface area (Å²) < 4.78 is 0. The number of anilines is 1. The Morgan fingerprint density at radius 2 is 2.25 bits per heavy atom. The first-order valence-electron chi connectivity index (χ1n) is 4.92. The largest absolute Gasteiger partial charge is 0.325 e. The van der Waals surface area contributed by atoms with Crippen molar-refractivity contribution in [3.8, 4) is 0 Å². The molecule has 1 aromatic rings. The van der Waals surface area contributed by atoms with Gasteiger partial charge in [0.05, 0.1) is 6.04 Å². The van der Waals surface area contributed by atoms with E-state index in [1.54, 1.807) is 18.7 Å². The molecule has 1 rings (SSSR count). The molecule has 0 radical (unpaired) electrons. The number of amides is 1. The fourth-order valence-electron chi connectivity index (χ4n) is 1.09. The van der Waals surface area contributed by atoms with Gasteiger partial charge in [0.1, 0.15) is 0 Å². The van der Waals surface area contributed by atoms with Crippen molar-refractivity contribution in [1.82, 2.24) is 0 Å². The molecule has 1 atom stereocenters. The molecule has 0 aliphatic heterocycles. The van der Waals surface area contributed by atoms with E-state index in [1.807, 2.05) is 24.3 Å². The Kier molecular flexibility index (Phi) is 7.21. The quantitative estimate of drug-likeness (QED) is 0.818. The summed E-state index contributed by atoms with van der Waals surface area (Å²) in [6.45, 7) is 3.76. The lowest BCUT2D eigenvalue weighted by Gasteiger charge is -2.08. The van der Waals surface area contributed by atoms with Crippen molar-refractivity contribution in [3.63, 3.8) is 0 Å². The minimum atomic E-state index is -0.479. The molecule has 0 heterocycles. The Hall–Kier alpha value is -0.710. The molecule has 0 spiro atoms. The third-order valence-corrected chi connectivity index (χ3v) is 2.70. The second-order valence-electron chi connectivity index (χ2n) is 3.24. The lowest BCUT2D eigenvalue weighted by Crippen LogP contribution is -2.32. The standard InChI is InChI=1S/C11H16N2OS.ClH/c1-3-15-10-6-4-5-9(7-10)13-11(14)8(2)12;/h4-8H,3,12H2,1-2H3,(H,13,14);1H/t8-;/m0./s1. The molecule has 16 heavy (non-hydrogen) atoms. The van der Waals surface area contributed by atoms with Gasteiger partial charge in [0.15, 0.2) is 0 Å². The third kappa shape index (κ3) is 4.88. The van der Waals surface area contributed by atoms with Crippen LogP contribution in [0.4, 0.5) is 5.69 Å². The number of carbonyl (C=O) groups is 1. The highest BCUT2D eigenvalue weighted by Crippen LogP contribution is 2.21. The Balaban J connectivity index is 0.00000225. The van der Waals surface area contributed by atoms with Gasteiger partial charge in [-0.25, -0.2) is 0 Å². The normalized spacial score (nSPS) is 11.4. The van der Waals surface area contributed by atoms with E-state index in [1.165, 1.54) is 0 Å². The zero-order chi connectivity index (χ0) is 11.3. The molecule has 3 N–H and O–H groups in total. The maximum absolute atomic E-state index is 11.3. The van der Waals surface area contributed by atoms with Crippen LogP contribution in [0.15, 0.2) is 29.2 Å². The van der Waals surface area contributed by atoms with Crippen LogP contribution in [-0.4, -0.2) is 17.7 Å². The van der Waals surface area contributed by atoms with Crippen molar-refractivity contribution < 1.29 is 4.79 Å². The van der Waals surface area contributed by atoms with E-state index >= 15 is 0 Å². The fraction of sp³-hybridized carbons (Fsp3) is 0.364. The first kappa shape index (κ1) is 15.3. The topological polar surface area (TPSA) is 55.1 Å². The molecule has 0 aliphatic rings. The number of nitrogens with one attached hydrogen (secondary N) is 1. The highest BCUT2D eigenvalue weighted by atomic mass is 35.5. The predicted molar refractivity (Wildman–Crippen MR) is 72.4 cm³/mol. The fourth-order valence-corrected chi connectivity index (χ4v) is 1.80. The van der Waals surface area contributed by atoms with Crippen molar-refractivity contribution in [2.24, 2.45) is 5.73 Å². The van der Waals surface area contributed by atoms with Crippen LogP contribution < -0.4 is 11.1 Å². The highest BCUT2D eigenvalue weighted by molar-refractivity contribution is 7.99. The van der Waals surface area contributed by atoms with E-state index < -0.39 is 6.04 Å². The molecule has 0 aromatic heterocycles. The number of benzene rings is 1. The van der Waals surface area contributed by atoms with Gasteiger partial charge in [0.2, 0.25) is 5.91 Å². The molecule has 3 nitrogen and oxygen atoms in total. The molecule has 0 bridgehead atoms. The van der Waals surface area contributed by atoms with Gasteiger partial charge in [-0.1, -0.05) is 13.0 Å². The van der Waals surface area contributed by atoms with Crippen LogP contribution in [0.25, 0.3) is 0 Å². The van der Waals surface area contributed by atoms with Crippen molar-refractivity contribution >= 4 is 35.8 Å². The first-order chi connectivity index (χ1) is 7.13. The molecule has 0 saturated carbocycles. The molecule has 0 saturated heterocycles. The van der Waals surface area contributed by atoms with Crippen LogP contribution in [0.5, 0.6) is 0 Å². The van der Waals surface area contributed by atoms with Crippen LogP contribution in [0.2, 0.25) is 0 Å². The molecule has 90 valence electrons. The number of hydrogen-bond acceptors (Lipinski definition) is 3. The minimum absolute atomic E-state index is 0. The van der Waals surface area contributed by atoms with Crippen LogP contribution in [-0.2, 0) is 4.79 Å². The van der Waals surface area contributed by atoms with Crippen molar-refractivity contribution in [2.75, 3.05) is 11.1 Å². The maximum Gasteiger partial charge on any atom is 0.240 e. The molecule has 0 aliphatic carbocycles. The van der Waals surface area contributed by atoms with Gasteiger partial charge in [-0.05, 0) is 30.9 Å². The van der Waals surface area contributed by atoms with Crippen molar-refractivity contribution in [3.05, 3.63) is 24.3 Å². The van der Waals surface area contributed by atoms with E-state index in [-0.39, 0.29) is 18.3 Å². The monoisotopic (exact) mass is 260 g/mol. The van der Waals surface area contributed by atoms with Crippen LogP contribution in [0.3, 0.4) is 0 Å². The van der Waals surface area contributed by atoms with Gasteiger partial charge in [-0.2, -0.15) is 0 Å². The molecular weight excluding hydrogens is 244 g/mol. The maximum atomic E-state index is 11.3. The summed E-state index contributed by atoms with van der Waals surface area (Å²) in [5, 5.41) is 2.76. The van der Waals surface area contributed by atoms with E-state index in [9.17, 15) is 4.79 Å². The molecule has 1 aromatic carbocycles. The number of hydrogen-bond donors (Lipinski definition) is 2. The zero-order valence-corrected chi connectivity index (χ0v) is 11.0. The van der Waals surface area contributed by atoms with Crippen molar-refractivity contribution in [1.29, 1.82) is 0 Å². The average Bonchev–Trinajstić information content (AvgIpc) is 2.18. The summed E-state index contributed by atoms with van der Waals surface area (Å²) in [6, 6.07) is 7.28. The number of halogens is 1. The van der Waals surface area contributed by atoms with Gasteiger partial charge in [-0.15, -0.1) is 24.2 Å². The number of rotatable bonds is 4. The lowest BCUT2D eigenvalue weighted by atomic mass is 10.3. The Morgan fingerprint density at radius 3 is 2.81 bits per heavy atom. The summed E-state index contributed by atoms with van der Waals surface area (Å²) in [6.07, 6.45) is 0. The average molecular weight is 261 g/mol. The SMILES string of the molecule is CCSc1cccc(NC(=O)[C@H](C)N)c1.Cl.